The van der Waals surface area contributed by atoms with E-state index in [2.05, 4.69) is 78.6 Å². The maximum absolute atomic E-state index is 6.42. The largest absolute Gasteiger partial charge is 0.455 e. The highest BCUT2D eigenvalue weighted by molar-refractivity contribution is 7.26. The van der Waals surface area contributed by atoms with E-state index in [0.29, 0.717) is 0 Å². The highest BCUT2D eigenvalue weighted by Gasteiger charge is 2.14. The van der Waals surface area contributed by atoms with Crippen molar-refractivity contribution < 1.29 is 4.42 Å². The topological polar surface area (TPSA) is 13.1 Å². The van der Waals surface area contributed by atoms with Gasteiger partial charge in [0.2, 0.25) is 0 Å². The molecule has 5 aromatic carbocycles. The smallest absolute Gasteiger partial charge is 0.143 e. The van der Waals surface area contributed by atoms with Gasteiger partial charge in [0.05, 0.1) is 0 Å². The molecule has 2 heteroatoms. The molecule has 0 aliphatic rings. The van der Waals surface area contributed by atoms with Crippen LogP contribution in [0.3, 0.4) is 0 Å². The van der Waals surface area contributed by atoms with E-state index in [9.17, 15) is 0 Å². The van der Waals surface area contributed by atoms with E-state index < -0.39 is 0 Å². The van der Waals surface area contributed by atoms with E-state index in [1.54, 1.807) is 0 Å². The first-order valence-electron chi connectivity index (χ1n) is 10.6. The molecule has 0 saturated carbocycles. The van der Waals surface area contributed by atoms with Crippen LogP contribution in [0.5, 0.6) is 0 Å². The van der Waals surface area contributed by atoms with Gasteiger partial charge in [-0.1, -0.05) is 60.4 Å². The zero-order chi connectivity index (χ0) is 21.1. The van der Waals surface area contributed by atoms with Gasteiger partial charge in [-0.05, 0) is 48.5 Å². The molecular formula is C30H16OS. The van der Waals surface area contributed by atoms with E-state index >= 15 is 0 Å². The third-order valence-electron chi connectivity index (χ3n) is 6.10. The maximum atomic E-state index is 6.42. The molecule has 0 aliphatic heterocycles. The van der Waals surface area contributed by atoms with Crippen molar-refractivity contribution in [3.8, 4) is 11.8 Å². The zero-order valence-corrected chi connectivity index (χ0v) is 17.9. The minimum Gasteiger partial charge on any atom is -0.455 e. The summed E-state index contributed by atoms with van der Waals surface area (Å²) in [5, 5.41) is 7.32. The molecule has 0 N–H and O–H groups in total. The number of hydrogen-bond donors (Lipinski definition) is 0. The van der Waals surface area contributed by atoms with Crippen molar-refractivity contribution >= 4 is 64.2 Å². The summed E-state index contributed by atoms with van der Waals surface area (Å²) in [7, 11) is 0. The van der Waals surface area contributed by atoms with Crippen molar-refractivity contribution in [1.29, 1.82) is 0 Å². The van der Waals surface area contributed by atoms with Crippen LogP contribution in [0.1, 0.15) is 11.1 Å². The molecule has 0 aliphatic carbocycles. The third-order valence-corrected chi connectivity index (χ3v) is 7.32. The van der Waals surface area contributed by atoms with E-state index in [0.717, 1.165) is 38.5 Å². The predicted octanol–water partition coefficient (Wildman–Crippen LogP) is 8.51. The standard InChI is InChI=1S/C30H16OS/c1-2-6-19(7-3-1)10-11-20-12-13-21-23-14-17-26-24(29(23)31-27(21)18-20)15-16-25-22-8-4-5-9-28(22)32-30(25)26/h1-9,12-18H. The van der Waals surface area contributed by atoms with Gasteiger partial charge >= 0.3 is 0 Å². The van der Waals surface area contributed by atoms with Crippen LogP contribution < -0.4 is 0 Å². The van der Waals surface area contributed by atoms with Crippen LogP contribution in [0.15, 0.2) is 101 Å². The Morgan fingerprint density at radius 1 is 0.531 bits per heavy atom. The lowest BCUT2D eigenvalue weighted by molar-refractivity contribution is 0.672. The maximum Gasteiger partial charge on any atom is 0.143 e. The predicted molar refractivity (Wildman–Crippen MR) is 137 cm³/mol. The first kappa shape index (κ1) is 17.6. The Labute approximate surface area is 188 Å². The van der Waals surface area contributed by atoms with Gasteiger partial charge in [-0.2, -0.15) is 0 Å². The van der Waals surface area contributed by atoms with Crippen molar-refractivity contribution in [3.63, 3.8) is 0 Å². The second-order valence-electron chi connectivity index (χ2n) is 8.01. The molecule has 0 saturated heterocycles. The van der Waals surface area contributed by atoms with Crippen molar-refractivity contribution in [2.45, 2.75) is 0 Å². The van der Waals surface area contributed by atoms with Gasteiger partial charge in [-0.25, -0.2) is 0 Å². The summed E-state index contributed by atoms with van der Waals surface area (Å²) in [5.41, 5.74) is 3.79. The number of fused-ring (bicyclic) bond motifs is 9. The van der Waals surface area contributed by atoms with E-state index in [1.165, 1.54) is 25.6 Å². The number of furan rings is 1. The SMILES string of the molecule is C(#Cc1ccc2c(c1)oc1c2ccc2c1ccc1c3ccccc3sc12)c1ccccc1. The van der Waals surface area contributed by atoms with Gasteiger partial charge in [-0.3, -0.25) is 0 Å². The molecule has 0 unspecified atom stereocenters. The number of hydrogen-bond acceptors (Lipinski definition) is 2. The molecule has 1 nitrogen and oxygen atoms in total. The molecule has 148 valence electrons. The summed E-state index contributed by atoms with van der Waals surface area (Å²) in [6.07, 6.45) is 0. The lowest BCUT2D eigenvalue weighted by Gasteiger charge is -2.00. The third kappa shape index (κ3) is 2.59. The number of benzene rings is 5. The van der Waals surface area contributed by atoms with Gasteiger partial charge in [0.25, 0.3) is 0 Å². The first-order chi connectivity index (χ1) is 15.8. The van der Waals surface area contributed by atoms with Crippen LogP contribution in [-0.2, 0) is 0 Å². The average molecular weight is 425 g/mol. The van der Waals surface area contributed by atoms with Crippen LogP contribution in [0.25, 0.3) is 52.9 Å². The molecule has 7 rings (SSSR count). The molecule has 32 heavy (non-hydrogen) atoms. The monoisotopic (exact) mass is 424 g/mol. The normalized spacial score (nSPS) is 11.5. The van der Waals surface area contributed by atoms with Gasteiger partial charge in [0.1, 0.15) is 11.2 Å². The number of rotatable bonds is 0. The summed E-state index contributed by atoms with van der Waals surface area (Å²) in [4.78, 5) is 0. The molecule has 0 amide bonds. The zero-order valence-electron chi connectivity index (χ0n) is 17.1. The molecule has 0 fully saturated rings. The summed E-state index contributed by atoms with van der Waals surface area (Å²) in [5.74, 6) is 6.50. The van der Waals surface area contributed by atoms with Gasteiger partial charge in [0.15, 0.2) is 0 Å². The lowest BCUT2D eigenvalue weighted by atomic mass is 10.0. The fourth-order valence-corrected chi connectivity index (χ4v) is 5.80. The minimum absolute atomic E-state index is 0.879. The Balaban J connectivity index is 1.45. The summed E-state index contributed by atoms with van der Waals surface area (Å²) < 4.78 is 9.06. The second kappa shape index (κ2) is 6.72. The highest BCUT2D eigenvalue weighted by atomic mass is 32.1. The number of thiophene rings is 1. The molecule has 0 radical (unpaired) electrons. The first-order valence-corrected chi connectivity index (χ1v) is 11.4. The fourth-order valence-electron chi connectivity index (χ4n) is 4.57. The highest BCUT2D eigenvalue weighted by Crippen LogP contribution is 2.42. The molecule has 0 atom stereocenters. The van der Waals surface area contributed by atoms with Crippen LogP contribution in [0.2, 0.25) is 0 Å². The Hall–Kier alpha value is -4.06. The van der Waals surface area contributed by atoms with Crippen molar-refractivity contribution in [1.82, 2.24) is 0 Å². The van der Waals surface area contributed by atoms with Gasteiger partial charge in [0, 0.05) is 52.8 Å². The molecule has 2 heterocycles. The van der Waals surface area contributed by atoms with Crippen LogP contribution >= 0.6 is 11.3 Å². The Morgan fingerprint density at radius 2 is 1.19 bits per heavy atom. The van der Waals surface area contributed by atoms with Crippen LogP contribution in [-0.4, -0.2) is 0 Å². The summed E-state index contributed by atoms with van der Waals surface area (Å²) in [6.45, 7) is 0. The van der Waals surface area contributed by atoms with Crippen LogP contribution in [0, 0.1) is 11.8 Å². The molecule has 2 aromatic heterocycles. The molecular weight excluding hydrogens is 408 g/mol. The summed E-state index contributed by atoms with van der Waals surface area (Å²) in [6, 6.07) is 33.8. The second-order valence-corrected chi connectivity index (χ2v) is 9.06. The van der Waals surface area contributed by atoms with Crippen molar-refractivity contribution in [2.24, 2.45) is 0 Å². The fraction of sp³-hybridized carbons (Fsp3) is 0. The van der Waals surface area contributed by atoms with E-state index in [1.807, 2.05) is 41.7 Å². The van der Waals surface area contributed by atoms with Crippen LogP contribution in [0.4, 0.5) is 0 Å². The van der Waals surface area contributed by atoms with Gasteiger partial charge in [-0.15, -0.1) is 11.3 Å². The van der Waals surface area contributed by atoms with Gasteiger partial charge < -0.3 is 4.42 Å². The van der Waals surface area contributed by atoms with Crippen molar-refractivity contribution in [2.75, 3.05) is 0 Å². The molecule has 0 spiro atoms. The quantitative estimate of drug-likeness (QED) is 0.222. The Bertz CT molecular complexity index is 1870. The van der Waals surface area contributed by atoms with E-state index in [-0.39, 0.29) is 0 Å². The van der Waals surface area contributed by atoms with Crippen molar-refractivity contribution in [3.05, 3.63) is 108 Å². The Kier molecular flexibility index (Phi) is 3.70. The molecule has 0 bridgehead atoms. The average Bonchev–Trinajstić information content (AvgIpc) is 3.41. The molecule has 7 aromatic rings. The summed E-state index contributed by atoms with van der Waals surface area (Å²) >= 11 is 1.85. The minimum atomic E-state index is 0.879. The van der Waals surface area contributed by atoms with E-state index in [4.69, 9.17) is 4.42 Å². The lowest BCUT2D eigenvalue weighted by Crippen LogP contribution is -1.76. The Morgan fingerprint density at radius 3 is 2.06 bits per heavy atom.